The van der Waals surface area contributed by atoms with Gasteiger partial charge in [-0.2, -0.15) is 13.2 Å². The normalized spacial score (nSPS) is 11.9. The minimum absolute atomic E-state index is 0.287. The van der Waals surface area contributed by atoms with Crippen LogP contribution in [0.25, 0.3) is 12.2 Å². The standard InChI is InChI=1S/C14H13F3N2OS/c1-18-10-4-3-5-11(20-2)9(10)6-7-13-19-8-12(21-13)14(15,16)17/h3-8,18H,1-2H3/b7-6+. The zero-order valence-electron chi connectivity index (χ0n) is 11.4. The van der Waals surface area contributed by atoms with Crippen molar-refractivity contribution in [3.8, 4) is 5.75 Å². The highest BCUT2D eigenvalue weighted by Crippen LogP contribution is 2.34. The maximum atomic E-state index is 12.5. The van der Waals surface area contributed by atoms with Crippen LogP contribution in [-0.2, 0) is 6.18 Å². The molecule has 21 heavy (non-hydrogen) atoms. The summed E-state index contributed by atoms with van der Waals surface area (Å²) in [7, 11) is 3.30. The molecule has 2 rings (SSSR count). The van der Waals surface area contributed by atoms with Gasteiger partial charge in [0.25, 0.3) is 0 Å². The van der Waals surface area contributed by atoms with Crippen LogP contribution in [0.5, 0.6) is 5.75 Å². The van der Waals surface area contributed by atoms with Crippen LogP contribution in [0, 0.1) is 0 Å². The molecule has 0 unspecified atom stereocenters. The van der Waals surface area contributed by atoms with Crippen LogP contribution >= 0.6 is 11.3 Å². The van der Waals surface area contributed by atoms with Crippen molar-refractivity contribution >= 4 is 29.2 Å². The third-order valence-corrected chi connectivity index (χ3v) is 3.76. The molecule has 0 saturated heterocycles. The monoisotopic (exact) mass is 314 g/mol. The lowest BCUT2D eigenvalue weighted by molar-refractivity contribution is -0.134. The molecule has 0 atom stereocenters. The van der Waals surface area contributed by atoms with E-state index in [-0.39, 0.29) is 5.01 Å². The first kappa shape index (κ1) is 15.4. The Balaban J connectivity index is 2.31. The Labute approximate surface area is 124 Å². The van der Waals surface area contributed by atoms with Crippen LogP contribution in [0.1, 0.15) is 15.4 Å². The predicted molar refractivity (Wildman–Crippen MR) is 78.6 cm³/mol. The summed E-state index contributed by atoms with van der Waals surface area (Å²) < 4.78 is 42.8. The lowest BCUT2D eigenvalue weighted by Crippen LogP contribution is -2.00. The van der Waals surface area contributed by atoms with Crippen molar-refractivity contribution in [3.63, 3.8) is 0 Å². The molecule has 112 valence electrons. The first-order valence-corrected chi connectivity index (χ1v) is 6.83. The summed E-state index contributed by atoms with van der Waals surface area (Å²) in [6.07, 6.45) is -0.294. The highest BCUT2D eigenvalue weighted by molar-refractivity contribution is 7.12. The summed E-state index contributed by atoms with van der Waals surface area (Å²) in [4.78, 5) is 3.05. The van der Waals surface area contributed by atoms with Gasteiger partial charge in [0.1, 0.15) is 15.6 Å². The quantitative estimate of drug-likeness (QED) is 0.909. The molecule has 0 radical (unpaired) electrons. The molecular weight excluding hydrogens is 301 g/mol. The van der Waals surface area contributed by atoms with Crippen molar-refractivity contribution in [2.75, 3.05) is 19.5 Å². The number of nitrogens with zero attached hydrogens (tertiary/aromatic N) is 1. The van der Waals surface area contributed by atoms with Crippen LogP contribution in [0.15, 0.2) is 24.4 Å². The number of benzene rings is 1. The Morgan fingerprint density at radius 3 is 2.62 bits per heavy atom. The average molecular weight is 314 g/mol. The number of thiazole rings is 1. The first-order valence-electron chi connectivity index (χ1n) is 6.01. The van der Waals surface area contributed by atoms with Gasteiger partial charge in [-0.05, 0) is 24.3 Å². The highest BCUT2D eigenvalue weighted by Gasteiger charge is 2.32. The molecule has 1 heterocycles. The van der Waals surface area contributed by atoms with Gasteiger partial charge in [-0.15, -0.1) is 11.3 Å². The predicted octanol–water partition coefficient (Wildman–Crippen LogP) is 4.38. The van der Waals surface area contributed by atoms with Crippen molar-refractivity contribution in [3.05, 3.63) is 39.8 Å². The fourth-order valence-corrected chi connectivity index (χ4v) is 2.45. The summed E-state index contributed by atoms with van der Waals surface area (Å²) in [5.74, 6) is 0.630. The van der Waals surface area contributed by atoms with Crippen molar-refractivity contribution in [1.82, 2.24) is 4.98 Å². The van der Waals surface area contributed by atoms with E-state index >= 15 is 0 Å². The van der Waals surface area contributed by atoms with E-state index in [0.717, 1.165) is 17.4 Å². The van der Waals surface area contributed by atoms with Crippen LogP contribution in [0.2, 0.25) is 0 Å². The van der Waals surface area contributed by atoms with Crippen molar-refractivity contribution in [1.29, 1.82) is 0 Å². The molecule has 0 amide bonds. The molecule has 0 bridgehead atoms. The van der Waals surface area contributed by atoms with Gasteiger partial charge < -0.3 is 10.1 Å². The second-order valence-electron chi connectivity index (χ2n) is 4.07. The Bertz CT molecular complexity index is 628. The van der Waals surface area contributed by atoms with Gasteiger partial charge in [0.05, 0.1) is 13.3 Å². The van der Waals surface area contributed by atoms with Gasteiger partial charge in [-0.1, -0.05) is 6.07 Å². The molecule has 0 saturated carbocycles. The van der Waals surface area contributed by atoms with Crippen LogP contribution in [0.4, 0.5) is 18.9 Å². The summed E-state index contributed by atoms with van der Waals surface area (Å²) in [6.45, 7) is 0. The third-order valence-electron chi connectivity index (χ3n) is 2.75. The average Bonchev–Trinajstić information content (AvgIpc) is 2.93. The van der Waals surface area contributed by atoms with E-state index in [9.17, 15) is 13.2 Å². The molecule has 0 aliphatic carbocycles. The molecule has 0 spiro atoms. The number of anilines is 1. The maximum Gasteiger partial charge on any atom is 0.427 e. The number of rotatable bonds is 4. The van der Waals surface area contributed by atoms with Crippen molar-refractivity contribution in [2.24, 2.45) is 0 Å². The maximum absolute atomic E-state index is 12.5. The largest absolute Gasteiger partial charge is 0.496 e. The number of hydrogen-bond acceptors (Lipinski definition) is 4. The Morgan fingerprint density at radius 2 is 2.05 bits per heavy atom. The Hall–Kier alpha value is -2.02. The van der Waals surface area contributed by atoms with Crippen LogP contribution in [-0.4, -0.2) is 19.1 Å². The third kappa shape index (κ3) is 3.55. The minimum Gasteiger partial charge on any atom is -0.496 e. The van der Waals surface area contributed by atoms with Gasteiger partial charge in [-0.25, -0.2) is 4.98 Å². The number of nitrogens with one attached hydrogen (secondary N) is 1. The lowest BCUT2D eigenvalue weighted by atomic mass is 10.1. The minimum atomic E-state index is -4.36. The highest BCUT2D eigenvalue weighted by atomic mass is 32.1. The molecular formula is C14H13F3N2OS. The Kier molecular flexibility index (Phi) is 4.52. The number of alkyl halides is 3. The second kappa shape index (κ2) is 6.17. The van der Waals surface area contributed by atoms with Crippen LogP contribution in [0.3, 0.4) is 0 Å². The first-order chi connectivity index (χ1) is 9.95. The molecule has 1 aromatic heterocycles. The summed E-state index contributed by atoms with van der Waals surface area (Å²) in [5.41, 5.74) is 1.57. The summed E-state index contributed by atoms with van der Waals surface area (Å²) in [5, 5.41) is 3.30. The van der Waals surface area contributed by atoms with Gasteiger partial charge >= 0.3 is 6.18 Å². The van der Waals surface area contributed by atoms with E-state index in [1.807, 2.05) is 12.1 Å². The van der Waals surface area contributed by atoms with E-state index in [1.54, 1.807) is 25.3 Å². The molecule has 7 heteroatoms. The SMILES string of the molecule is CNc1cccc(OC)c1/C=C/c1ncc(C(F)(F)F)s1. The lowest BCUT2D eigenvalue weighted by Gasteiger charge is -2.09. The number of halogens is 3. The van der Waals surface area contributed by atoms with E-state index in [4.69, 9.17) is 4.74 Å². The molecule has 0 aliphatic rings. The number of hydrogen-bond donors (Lipinski definition) is 1. The van der Waals surface area contributed by atoms with Crippen molar-refractivity contribution in [2.45, 2.75) is 6.18 Å². The fourth-order valence-electron chi connectivity index (χ4n) is 1.76. The molecule has 1 N–H and O–H groups in total. The smallest absolute Gasteiger partial charge is 0.427 e. The van der Waals surface area contributed by atoms with E-state index in [0.29, 0.717) is 17.1 Å². The van der Waals surface area contributed by atoms with Gasteiger partial charge in [0, 0.05) is 18.3 Å². The van der Waals surface area contributed by atoms with Crippen molar-refractivity contribution < 1.29 is 17.9 Å². The van der Waals surface area contributed by atoms with E-state index in [1.165, 1.54) is 7.11 Å². The van der Waals surface area contributed by atoms with Gasteiger partial charge in [0.15, 0.2) is 0 Å². The van der Waals surface area contributed by atoms with Gasteiger partial charge in [0.2, 0.25) is 0 Å². The molecule has 2 aromatic rings. The zero-order valence-corrected chi connectivity index (χ0v) is 12.2. The van der Waals surface area contributed by atoms with Crippen LogP contribution < -0.4 is 10.1 Å². The second-order valence-corrected chi connectivity index (χ2v) is 5.13. The number of methoxy groups -OCH3 is 1. The van der Waals surface area contributed by atoms with Gasteiger partial charge in [-0.3, -0.25) is 0 Å². The topological polar surface area (TPSA) is 34.1 Å². The molecule has 3 nitrogen and oxygen atoms in total. The zero-order chi connectivity index (χ0) is 15.5. The summed E-state index contributed by atoms with van der Waals surface area (Å²) >= 11 is 0.602. The van der Waals surface area contributed by atoms with E-state index < -0.39 is 11.1 Å². The number of aromatic nitrogens is 1. The summed E-state index contributed by atoms with van der Waals surface area (Å²) in [6, 6.07) is 5.46. The number of ether oxygens (including phenoxy) is 1. The molecule has 0 aliphatic heterocycles. The fraction of sp³-hybridized carbons (Fsp3) is 0.214. The Morgan fingerprint density at radius 1 is 1.29 bits per heavy atom. The molecule has 0 fully saturated rings. The van der Waals surface area contributed by atoms with E-state index in [2.05, 4.69) is 10.3 Å². The molecule has 1 aromatic carbocycles.